The van der Waals surface area contributed by atoms with Gasteiger partial charge in [0.2, 0.25) is 0 Å². The second kappa shape index (κ2) is 6.07. The molecule has 0 aliphatic carbocycles. The van der Waals surface area contributed by atoms with E-state index in [1.54, 1.807) is 18.3 Å². The highest BCUT2D eigenvalue weighted by atomic mass is 79.9. The van der Waals surface area contributed by atoms with E-state index in [1.807, 2.05) is 13.0 Å². The van der Waals surface area contributed by atoms with Crippen LogP contribution >= 0.6 is 39.1 Å². The SMILES string of the molecule is CC(Nc1cc(Br)cnc1Cl)c1ccc(F)c(Cl)c1. The number of nitrogens with zero attached hydrogens (tertiary/aromatic N) is 1. The van der Waals surface area contributed by atoms with Crippen molar-refractivity contribution >= 4 is 44.8 Å². The minimum absolute atomic E-state index is 0.0771. The van der Waals surface area contributed by atoms with Gasteiger partial charge in [0.25, 0.3) is 0 Å². The first-order chi connectivity index (χ1) is 8.97. The van der Waals surface area contributed by atoms with E-state index in [0.717, 1.165) is 10.0 Å². The molecule has 0 amide bonds. The average Bonchev–Trinajstić information content (AvgIpc) is 2.37. The Kier molecular flexibility index (Phi) is 4.66. The van der Waals surface area contributed by atoms with Gasteiger partial charge >= 0.3 is 0 Å². The van der Waals surface area contributed by atoms with Gasteiger partial charge < -0.3 is 5.32 Å². The molecule has 2 nitrogen and oxygen atoms in total. The van der Waals surface area contributed by atoms with Crippen LogP contribution in [-0.4, -0.2) is 4.98 Å². The predicted molar refractivity (Wildman–Crippen MR) is 80.4 cm³/mol. The van der Waals surface area contributed by atoms with Gasteiger partial charge in [-0.15, -0.1) is 0 Å². The van der Waals surface area contributed by atoms with E-state index in [0.29, 0.717) is 10.8 Å². The summed E-state index contributed by atoms with van der Waals surface area (Å²) in [7, 11) is 0. The summed E-state index contributed by atoms with van der Waals surface area (Å²) < 4.78 is 13.9. The fraction of sp³-hybridized carbons (Fsp3) is 0.154. The Labute approximate surface area is 129 Å². The topological polar surface area (TPSA) is 24.9 Å². The molecule has 1 N–H and O–H groups in total. The van der Waals surface area contributed by atoms with Crippen LogP contribution in [0.5, 0.6) is 0 Å². The summed E-state index contributed by atoms with van der Waals surface area (Å²) >= 11 is 15.1. The fourth-order valence-electron chi connectivity index (χ4n) is 1.62. The zero-order valence-corrected chi connectivity index (χ0v) is 13.0. The predicted octanol–water partition coefficient (Wildman–Crippen LogP) is 5.46. The molecule has 0 aliphatic rings. The van der Waals surface area contributed by atoms with Crippen molar-refractivity contribution in [3.8, 4) is 0 Å². The molecule has 2 aromatic rings. The van der Waals surface area contributed by atoms with E-state index in [1.165, 1.54) is 6.07 Å². The lowest BCUT2D eigenvalue weighted by Crippen LogP contribution is -2.07. The maximum absolute atomic E-state index is 13.1. The van der Waals surface area contributed by atoms with Crippen LogP contribution in [0.1, 0.15) is 18.5 Å². The first-order valence-corrected chi connectivity index (χ1v) is 7.05. The second-order valence-electron chi connectivity index (χ2n) is 4.03. The zero-order valence-electron chi connectivity index (χ0n) is 9.92. The summed E-state index contributed by atoms with van der Waals surface area (Å²) in [6.07, 6.45) is 1.62. The second-order valence-corrected chi connectivity index (χ2v) is 5.71. The minimum atomic E-state index is -0.431. The summed E-state index contributed by atoms with van der Waals surface area (Å²) in [6.45, 7) is 1.93. The molecule has 1 aromatic heterocycles. The highest BCUT2D eigenvalue weighted by molar-refractivity contribution is 9.10. The van der Waals surface area contributed by atoms with Crippen molar-refractivity contribution in [3.05, 3.63) is 56.5 Å². The molecule has 2 rings (SSSR count). The van der Waals surface area contributed by atoms with E-state index >= 15 is 0 Å². The van der Waals surface area contributed by atoms with Gasteiger partial charge in [-0.1, -0.05) is 29.3 Å². The van der Waals surface area contributed by atoms with Crippen molar-refractivity contribution in [2.24, 2.45) is 0 Å². The number of benzene rings is 1. The van der Waals surface area contributed by atoms with Gasteiger partial charge in [-0.25, -0.2) is 9.37 Å². The summed E-state index contributed by atoms with van der Waals surface area (Å²) in [4.78, 5) is 4.03. The van der Waals surface area contributed by atoms with Gasteiger partial charge in [-0.3, -0.25) is 0 Å². The minimum Gasteiger partial charge on any atom is -0.376 e. The molecule has 19 heavy (non-hydrogen) atoms. The Morgan fingerprint density at radius 3 is 2.74 bits per heavy atom. The Balaban J connectivity index is 2.22. The summed E-state index contributed by atoms with van der Waals surface area (Å²) in [6, 6.07) is 6.37. The van der Waals surface area contributed by atoms with Crippen LogP contribution in [0.4, 0.5) is 10.1 Å². The average molecular weight is 364 g/mol. The fourth-order valence-corrected chi connectivity index (χ4v) is 2.30. The monoisotopic (exact) mass is 362 g/mol. The molecule has 6 heteroatoms. The normalized spacial score (nSPS) is 12.3. The van der Waals surface area contributed by atoms with E-state index in [4.69, 9.17) is 23.2 Å². The first kappa shape index (κ1) is 14.6. The zero-order chi connectivity index (χ0) is 14.0. The van der Waals surface area contributed by atoms with Gasteiger partial charge in [0.15, 0.2) is 5.15 Å². The van der Waals surface area contributed by atoms with Crippen molar-refractivity contribution in [2.45, 2.75) is 13.0 Å². The molecule has 1 unspecified atom stereocenters. The maximum Gasteiger partial charge on any atom is 0.152 e. The molecule has 0 bridgehead atoms. The van der Waals surface area contributed by atoms with Crippen molar-refractivity contribution < 1.29 is 4.39 Å². The Bertz CT molecular complexity index is 607. The molecule has 1 atom stereocenters. The van der Waals surface area contributed by atoms with Gasteiger partial charge in [0.05, 0.1) is 10.7 Å². The molecule has 0 saturated heterocycles. The molecule has 0 radical (unpaired) electrons. The number of nitrogens with one attached hydrogen (secondary N) is 1. The number of hydrogen-bond donors (Lipinski definition) is 1. The van der Waals surface area contributed by atoms with Crippen LogP contribution in [0.3, 0.4) is 0 Å². The Hall–Kier alpha value is -0.840. The number of hydrogen-bond acceptors (Lipinski definition) is 2. The number of halogens is 4. The van der Waals surface area contributed by atoms with Crippen molar-refractivity contribution in [3.63, 3.8) is 0 Å². The molecule has 0 saturated carbocycles. The van der Waals surface area contributed by atoms with Crippen LogP contribution in [0.15, 0.2) is 34.9 Å². The molecular formula is C13H10BrCl2FN2. The van der Waals surface area contributed by atoms with Crippen molar-refractivity contribution in [1.29, 1.82) is 0 Å². The third-order valence-corrected chi connectivity index (χ3v) is 3.65. The van der Waals surface area contributed by atoms with Crippen LogP contribution in [0.25, 0.3) is 0 Å². The molecular weight excluding hydrogens is 354 g/mol. The van der Waals surface area contributed by atoms with Crippen molar-refractivity contribution in [2.75, 3.05) is 5.32 Å². The molecule has 1 heterocycles. The van der Waals surface area contributed by atoms with Gasteiger partial charge in [-0.2, -0.15) is 0 Å². The summed E-state index contributed by atoms with van der Waals surface area (Å²) in [5.41, 5.74) is 1.56. The quantitative estimate of drug-likeness (QED) is 0.732. The molecule has 1 aromatic carbocycles. The highest BCUT2D eigenvalue weighted by Gasteiger charge is 2.11. The van der Waals surface area contributed by atoms with Gasteiger partial charge in [0, 0.05) is 16.7 Å². The summed E-state index contributed by atoms with van der Waals surface area (Å²) in [5, 5.41) is 3.69. The van der Waals surface area contributed by atoms with Gasteiger partial charge in [-0.05, 0) is 46.6 Å². The first-order valence-electron chi connectivity index (χ1n) is 5.50. The van der Waals surface area contributed by atoms with E-state index in [2.05, 4.69) is 26.2 Å². The lowest BCUT2D eigenvalue weighted by molar-refractivity contribution is 0.627. The Morgan fingerprint density at radius 1 is 1.32 bits per heavy atom. The van der Waals surface area contributed by atoms with Crippen LogP contribution < -0.4 is 5.32 Å². The Morgan fingerprint density at radius 2 is 2.05 bits per heavy atom. The van der Waals surface area contributed by atoms with Crippen LogP contribution in [-0.2, 0) is 0 Å². The lowest BCUT2D eigenvalue weighted by atomic mass is 10.1. The smallest absolute Gasteiger partial charge is 0.152 e. The molecule has 0 fully saturated rings. The van der Waals surface area contributed by atoms with Gasteiger partial charge in [0.1, 0.15) is 5.82 Å². The number of aromatic nitrogens is 1. The van der Waals surface area contributed by atoms with E-state index in [9.17, 15) is 4.39 Å². The molecule has 100 valence electrons. The number of pyridine rings is 1. The van der Waals surface area contributed by atoms with Crippen LogP contribution in [0, 0.1) is 5.82 Å². The summed E-state index contributed by atoms with van der Waals surface area (Å²) in [5.74, 6) is -0.431. The molecule has 0 aliphatic heterocycles. The lowest BCUT2D eigenvalue weighted by Gasteiger charge is -2.17. The third-order valence-electron chi connectivity index (χ3n) is 2.62. The standard InChI is InChI=1S/C13H10BrCl2FN2/c1-7(8-2-3-11(17)10(15)4-8)19-12-5-9(14)6-18-13(12)16/h2-7,19H,1H3. The maximum atomic E-state index is 13.1. The third kappa shape index (κ3) is 3.59. The number of rotatable bonds is 3. The number of anilines is 1. The largest absolute Gasteiger partial charge is 0.376 e. The van der Waals surface area contributed by atoms with Crippen molar-refractivity contribution in [1.82, 2.24) is 4.98 Å². The van der Waals surface area contributed by atoms with E-state index in [-0.39, 0.29) is 11.1 Å². The van der Waals surface area contributed by atoms with E-state index < -0.39 is 5.82 Å². The highest BCUT2D eigenvalue weighted by Crippen LogP contribution is 2.28. The molecule has 0 spiro atoms. The van der Waals surface area contributed by atoms with Crippen LogP contribution in [0.2, 0.25) is 10.2 Å².